The summed E-state index contributed by atoms with van der Waals surface area (Å²) in [6, 6.07) is 8.25. The quantitative estimate of drug-likeness (QED) is 0.731. The van der Waals surface area contributed by atoms with Crippen LogP contribution >= 0.6 is 11.3 Å². The zero-order valence-electron chi connectivity index (χ0n) is 13.9. The molecule has 0 bridgehead atoms. The summed E-state index contributed by atoms with van der Waals surface area (Å²) in [5, 5.41) is 4.49. The Hall–Kier alpha value is -2.14. The second-order valence-corrected chi connectivity index (χ2v) is 6.52. The summed E-state index contributed by atoms with van der Waals surface area (Å²) in [7, 11) is 0. The fourth-order valence-corrected chi connectivity index (χ4v) is 3.84. The first-order valence-corrected chi connectivity index (χ1v) is 8.70. The zero-order valence-corrected chi connectivity index (χ0v) is 14.8. The van der Waals surface area contributed by atoms with Crippen molar-refractivity contribution in [2.24, 2.45) is 0 Å². The molecule has 0 saturated carbocycles. The van der Waals surface area contributed by atoms with E-state index in [1.165, 1.54) is 16.0 Å². The summed E-state index contributed by atoms with van der Waals surface area (Å²) in [6.45, 7) is 9.67. The van der Waals surface area contributed by atoms with Crippen LogP contribution in [0.3, 0.4) is 0 Å². The van der Waals surface area contributed by atoms with Gasteiger partial charge in [-0.25, -0.2) is 9.97 Å². The summed E-state index contributed by atoms with van der Waals surface area (Å²) in [5.41, 5.74) is 2.38. The molecule has 5 heteroatoms. The molecule has 3 rings (SSSR count). The number of fused-ring (bicyclic) bond motifs is 1. The lowest BCUT2D eigenvalue weighted by atomic mass is 10.0. The number of ether oxygens (including phenoxy) is 1. The average molecular weight is 327 g/mol. The molecule has 0 radical (unpaired) electrons. The molecule has 120 valence electrons. The molecule has 3 aromatic rings. The second-order valence-electron chi connectivity index (χ2n) is 5.32. The van der Waals surface area contributed by atoms with Gasteiger partial charge in [0.05, 0.1) is 12.0 Å². The van der Waals surface area contributed by atoms with E-state index in [1.54, 1.807) is 11.3 Å². The smallest absolute Gasteiger partial charge is 0.139 e. The SMILES string of the molecule is CCNc1nc(C)nc2sc(C)c(-c3ccc(OCC)cc3)c12. The molecule has 0 aliphatic rings. The van der Waals surface area contributed by atoms with Crippen LogP contribution in [-0.2, 0) is 0 Å². The molecule has 0 amide bonds. The minimum atomic E-state index is 0.678. The first-order chi connectivity index (χ1) is 11.1. The van der Waals surface area contributed by atoms with Crippen molar-refractivity contribution < 1.29 is 4.74 Å². The van der Waals surface area contributed by atoms with Gasteiger partial charge < -0.3 is 10.1 Å². The highest BCUT2D eigenvalue weighted by Gasteiger charge is 2.17. The second kappa shape index (κ2) is 6.54. The Morgan fingerprint density at radius 1 is 1.09 bits per heavy atom. The van der Waals surface area contributed by atoms with Crippen molar-refractivity contribution in [1.29, 1.82) is 0 Å². The molecule has 0 unspecified atom stereocenters. The summed E-state index contributed by atoms with van der Waals surface area (Å²) in [6.07, 6.45) is 0. The van der Waals surface area contributed by atoms with Gasteiger partial charge in [-0.2, -0.15) is 0 Å². The molecule has 2 aromatic heterocycles. The van der Waals surface area contributed by atoms with Gasteiger partial charge in [0.1, 0.15) is 22.2 Å². The molecular formula is C18H21N3OS. The lowest BCUT2D eigenvalue weighted by Crippen LogP contribution is -2.02. The van der Waals surface area contributed by atoms with Crippen LogP contribution in [0.5, 0.6) is 5.75 Å². The highest BCUT2D eigenvalue weighted by atomic mass is 32.1. The maximum absolute atomic E-state index is 5.54. The predicted octanol–water partition coefficient (Wildman–Crippen LogP) is 4.81. The van der Waals surface area contributed by atoms with Crippen molar-refractivity contribution in [3.05, 3.63) is 35.0 Å². The number of aromatic nitrogens is 2. The van der Waals surface area contributed by atoms with Crippen molar-refractivity contribution in [3.8, 4) is 16.9 Å². The third-order valence-electron chi connectivity index (χ3n) is 3.64. The third kappa shape index (κ3) is 3.01. The highest BCUT2D eigenvalue weighted by Crippen LogP contribution is 2.41. The first kappa shape index (κ1) is 15.7. The van der Waals surface area contributed by atoms with E-state index in [0.29, 0.717) is 6.61 Å². The normalized spacial score (nSPS) is 11.0. The van der Waals surface area contributed by atoms with E-state index in [-0.39, 0.29) is 0 Å². The number of nitrogens with one attached hydrogen (secondary N) is 1. The van der Waals surface area contributed by atoms with Crippen LogP contribution in [0.4, 0.5) is 5.82 Å². The number of hydrogen-bond donors (Lipinski definition) is 1. The van der Waals surface area contributed by atoms with Gasteiger partial charge in [-0.1, -0.05) is 12.1 Å². The van der Waals surface area contributed by atoms with Gasteiger partial charge in [0.25, 0.3) is 0 Å². The topological polar surface area (TPSA) is 47.0 Å². The summed E-state index contributed by atoms with van der Waals surface area (Å²) in [4.78, 5) is 11.5. The average Bonchev–Trinajstić information content (AvgIpc) is 2.84. The summed E-state index contributed by atoms with van der Waals surface area (Å²) in [5.74, 6) is 2.61. The van der Waals surface area contributed by atoms with Gasteiger partial charge >= 0.3 is 0 Å². The Morgan fingerprint density at radius 3 is 2.48 bits per heavy atom. The number of aryl methyl sites for hydroxylation is 2. The molecule has 0 aliphatic heterocycles. The zero-order chi connectivity index (χ0) is 16.4. The molecule has 23 heavy (non-hydrogen) atoms. The van der Waals surface area contributed by atoms with E-state index >= 15 is 0 Å². The molecule has 0 saturated heterocycles. The van der Waals surface area contributed by atoms with Crippen LogP contribution in [0.1, 0.15) is 24.5 Å². The van der Waals surface area contributed by atoms with E-state index < -0.39 is 0 Å². The Labute approximate surface area is 140 Å². The maximum atomic E-state index is 5.54. The van der Waals surface area contributed by atoms with Crippen molar-refractivity contribution in [3.63, 3.8) is 0 Å². The molecular weight excluding hydrogens is 306 g/mol. The van der Waals surface area contributed by atoms with E-state index in [4.69, 9.17) is 4.74 Å². The largest absolute Gasteiger partial charge is 0.494 e. The van der Waals surface area contributed by atoms with Crippen molar-refractivity contribution in [2.75, 3.05) is 18.5 Å². The Morgan fingerprint density at radius 2 is 1.83 bits per heavy atom. The van der Waals surface area contributed by atoms with Crippen LogP contribution in [0.25, 0.3) is 21.3 Å². The minimum Gasteiger partial charge on any atom is -0.494 e. The van der Waals surface area contributed by atoms with E-state index in [2.05, 4.69) is 41.3 Å². The minimum absolute atomic E-state index is 0.678. The number of nitrogens with zero attached hydrogens (tertiary/aromatic N) is 2. The third-order valence-corrected chi connectivity index (χ3v) is 4.64. The Balaban J connectivity index is 2.18. The van der Waals surface area contributed by atoms with Crippen LogP contribution < -0.4 is 10.1 Å². The molecule has 2 heterocycles. The van der Waals surface area contributed by atoms with Gasteiger partial charge in [0.15, 0.2) is 0 Å². The first-order valence-electron chi connectivity index (χ1n) is 7.88. The van der Waals surface area contributed by atoms with Gasteiger partial charge in [-0.3, -0.25) is 0 Å². The lowest BCUT2D eigenvalue weighted by Gasteiger charge is -2.09. The van der Waals surface area contributed by atoms with E-state index in [0.717, 1.165) is 34.2 Å². The molecule has 0 atom stereocenters. The maximum Gasteiger partial charge on any atom is 0.139 e. The van der Waals surface area contributed by atoms with Gasteiger partial charge in [0, 0.05) is 17.0 Å². The predicted molar refractivity (Wildman–Crippen MR) is 97.7 cm³/mol. The number of benzene rings is 1. The Bertz CT molecular complexity index is 824. The Kier molecular flexibility index (Phi) is 4.48. The van der Waals surface area contributed by atoms with E-state index in [1.807, 2.05) is 26.0 Å². The lowest BCUT2D eigenvalue weighted by molar-refractivity contribution is 0.340. The molecule has 4 nitrogen and oxygen atoms in total. The van der Waals surface area contributed by atoms with Crippen LogP contribution in [0.15, 0.2) is 24.3 Å². The molecule has 1 aromatic carbocycles. The van der Waals surface area contributed by atoms with Crippen LogP contribution in [0, 0.1) is 13.8 Å². The fourth-order valence-electron chi connectivity index (χ4n) is 2.75. The van der Waals surface area contributed by atoms with Gasteiger partial charge in [-0.05, 0) is 45.4 Å². The van der Waals surface area contributed by atoms with Gasteiger partial charge in [0.2, 0.25) is 0 Å². The molecule has 0 fully saturated rings. The fraction of sp³-hybridized carbons (Fsp3) is 0.333. The van der Waals surface area contributed by atoms with E-state index in [9.17, 15) is 0 Å². The number of rotatable bonds is 5. The van der Waals surface area contributed by atoms with Crippen molar-refractivity contribution in [1.82, 2.24) is 9.97 Å². The number of thiophene rings is 1. The van der Waals surface area contributed by atoms with Crippen molar-refractivity contribution >= 4 is 27.4 Å². The molecule has 0 aliphatic carbocycles. The molecule has 0 spiro atoms. The standard InChI is InChI=1S/C18H21N3OS/c1-5-19-17-16-15(11(3)23-18(16)21-12(4)20-17)13-7-9-14(10-8-13)22-6-2/h7-10H,5-6H2,1-4H3,(H,19,20,21). The highest BCUT2D eigenvalue weighted by molar-refractivity contribution is 7.19. The van der Waals surface area contributed by atoms with Crippen molar-refractivity contribution in [2.45, 2.75) is 27.7 Å². The summed E-state index contributed by atoms with van der Waals surface area (Å²) < 4.78 is 5.54. The summed E-state index contributed by atoms with van der Waals surface area (Å²) >= 11 is 1.72. The van der Waals surface area contributed by atoms with Gasteiger partial charge in [-0.15, -0.1) is 11.3 Å². The number of hydrogen-bond acceptors (Lipinski definition) is 5. The monoisotopic (exact) mass is 327 g/mol. The molecule has 1 N–H and O–H groups in total. The van der Waals surface area contributed by atoms with Crippen LogP contribution in [0.2, 0.25) is 0 Å². The van der Waals surface area contributed by atoms with Crippen LogP contribution in [-0.4, -0.2) is 23.1 Å². The number of anilines is 1.